The molecule has 4 heteroatoms. The lowest BCUT2D eigenvalue weighted by atomic mass is 10.1. The molecule has 0 radical (unpaired) electrons. The normalized spacial score (nSPS) is 25.7. The van der Waals surface area contributed by atoms with E-state index in [0.717, 1.165) is 19.4 Å². The molecule has 0 bridgehead atoms. The minimum atomic E-state index is -0.285. The lowest BCUT2D eigenvalue weighted by Gasteiger charge is -2.10. The van der Waals surface area contributed by atoms with Crippen LogP contribution in [0.4, 0.5) is 0 Å². The zero-order chi connectivity index (χ0) is 10.8. The maximum atomic E-state index is 12.0. The van der Waals surface area contributed by atoms with Gasteiger partial charge < -0.3 is 9.30 Å². The van der Waals surface area contributed by atoms with Crippen LogP contribution in [0.25, 0.3) is 0 Å². The highest BCUT2D eigenvalue weighted by atomic mass is 16.5. The first-order valence-electron chi connectivity index (χ1n) is 5.43. The number of nitrogens with zero attached hydrogens (tertiary/aromatic N) is 2. The van der Waals surface area contributed by atoms with Gasteiger partial charge in [0.15, 0.2) is 5.82 Å². The summed E-state index contributed by atoms with van der Waals surface area (Å²) in [7, 11) is 0. The highest BCUT2D eigenvalue weighted by Crippen LogP contribution is 2.21. The van der Waals surface area contributed by atoms with E-state index in [2.05, 4.69) is 4.98 Å². The molecule has 1 aromatic heterocycles. The number of carbonyl (C=O) groups is 1. The Hall–Kier alpha value is -1.16. The largest absolute Gasteiger partial charge is 0.367 e. The third-order valence-corrected chi connectivity index (χ3v) is 2.80. The van der Waals surface area contributed by atoms with Gasteiger partial charge in [0.05, 0.1) is 6.10 Å². The molecule has 0 aromatic carbocycles. The van der Waals surface area contributed by atoms with Crippen molar-refractivity contribution in [2.24, 2.45) is 0 Å². The fourth-order valence-electron chi connectivity index (χ4n) is 1.93. The number of ether oxygens (including phenoxy) is 1. The van der Waals surface area contributed by atoms with Gasteiger partial charge in [-0.3, -0.25) is 4.79 Å². The average molecular weight is 208 g/mol. The van der Waals surface area contributed by atoms with E-state index in [1.807, 2.05) is 24.6 Å². The number of hydrogen-bond acceptors (Lipinski definition) is 3. The molecule has 2 unspecified atom stereocenters. The molecule has 2 rings (SSSR count). The van der Waals surface area contributed by atoms with E-state index in [1.54, 1.807) is 6.20 Å². The maximum absolute atomic E-state index is 12.0. The van der Waals surface area contributed by atoms with Crippen LogP contribution in [0.1, 0.15) is 37.3 Å². The molecule has 1 aliphatic heterocycles. The van der Waals surface area contributed by atoms with Crippen molar-refractivity contribution in [2.45, 2.75) is 45.4 Å². The summed E-state index contributed by atoms with van der Waals surface area (Å²) in [6, 6.07) is 0. The van der Waals surface area contributed by atoms with Crippen LogP contribution in [0.2, 0.25) is 0 Å². The van der Waals surface area contributed by atoms with Gasteiger partial charge in [-0.15, -0.1) is 0 Å². The second-order valence-electron chi connectivity index (χ2n) is 3.91. The molecule has 0 N–H and O–H groups in total. The van der Waals surface area contributed by atoms with Crippen LogP contribution in [0.3, 0.4) is 0 Å². The quantitative estimate of drug-likeness (QED) is 0.709. The van der Waals surface area contributed by atoms with E-state index in [0.29, 0.717) is 5.82 Å². The predicted molar refractivity (Wildman–Crippen MR) is 55.8 cm³/mol. The number of rotatable bonds is 3. The van der Waals surface area contributed by atoms with Crippen LogP contribution in [-0.2, 0) is 11.3 Å². The number of hydrogen-bond donors (Lipinski definition) is 0. The van der Waals surface area contributed by atoms with Crippen molar-refractivity contribution >= 4 is 5.78 Å². The van der Waals surface area contributed by atoms with Crippen molar-refractivity contribution in [3.63, 3.8) is 0 Å². The summed E-state index contributed by atoms with van der Waals surface area (Å²) >= 11 is 0. The molecule has 1 saturated heterocycles. The van der Waals surface area contributed by atoms with Gasteiger partial charge >= 0.3 is 0 Å². The molecule has 1 fully saturated rings. The van der Waals surface area contributed by atoms with E-state index < -0.39 is 0 Å². The smallest absolute Gasteiger partial charge is 0.226 e. The highest BCUT2D eigenvalue weighted by Gasteiger charge is 2.30. The van der Waals surface area contributed by atoms with Crippen molar-refractivity contribution in [1.29, 1.82) is 0 Å². The van der Waals surface area contributed by atoms with Crippen molar-refractivity contribution < 1.29 is 9.53 Å². The molecule has 2 heterocycles. The number of aryl methyl sites for hydroxylation is 1. The van der Waals surface area contributed by atoms with Crippen molar-refractivity contribution in [3.8, 4) is 0 Å². The van der Waals surface area contributed by atoms with Gasteiger partial charge in [-0.2, -0.15) is 0 Å². The molecule has 0 aliphatic carbocycles. The molecule has 2 atom stereocenters. The Kier molecular flexibility index (Phi) is 2.86. The summed E-state index contributed by atoms with van der Waals surface area (Å²) in [5, 5.41) is 0. The Morgan fingerprint density at radius 3 is 3.07 bits per heavy atom. The van der Waals surface area contributed by atoms with Gasteiger partial charge in [-0.25, -0.2) is 4.98 Å². The number of ketones is 1. The van der Waals surface area contributed by atoms with Crippen LogP contribution in [0.5, 0.6) is 0 Å². The Morgan fingerprint density at radius 2 is 2.47 bits per heavy atom. The molecule has 1 aliphatic rings. The summed E-state index contributed by atoms with van der Waals surface area (Å²) < 4.78 is 7.40. The van der Waals surface area contributed by atoms with Crippen LogP contribution in [0, 0.1) is 0 Å². The third-order valence-electron chi connectivity index (χ3n) is 2.80. The first-order chi connectivity index (χ1) is 7.22. The van der Waals surface area contributed by atoms with E-state index >= 15 is 0 Å². The SMILES string of the molecule is CCn1ccnc1C(=O)C1CCC(C)O1. The maximum Gasteiger partial charge on any atom is 0.226 e. The van der Waals surface area contributed by atoms with Gasteiger partial charge in [0.2, 0.25) is 5.78 Å². The zero-order valence-electron chi connectivity index (χ0n) is 9.14. The first-order valence-corrected chi connectivity index (χ1v) is 5.43. The average Bonchev–Trinajstić information content (AvgIpc) is 2.84. The van der Waals surface area contributed by atoms with E-state index in [4.69, 9.17) is 4.74 Å². The number of aromatic nitrogens is 2. The van der Waals surface area contributed by atoms with Gasteiger partial charge in [0, 0.05) is 18.9 Å². The standard InChI is InChI=1S/C11H16N2O2/c1-3-13-7-6-12-11(13)10(14)9-5-4-8(2)15-9/h6-9H,3-5H2,1-2H3. The molecule has 0 spiro atoms. The predicted octanol–water partition coefficient (Wildman–Crippen LogP) is 1.65. The number of imidazole rings is 1. The summed E-state index contributed by atoms with van der Waals surface area (Å²) in [6.45, 7) is 4.76. The van der Waals surface area contributed by atoms with Gasteiger partial charge in [0.25, 0.3) is 0 Å². The summed E-state index contributed by atoms with van der Waals surface area (Å²) in [6.07, 6.45) is 5.18. The molecular formula is C11H16N2O2. The summed E-state index contributed by atoms with van der Waals surface area (Å²) in [5.74, 6) is 0.544. The number of carbonyl (C=O) groups excluding carboxylic acids is 1. The highest BCUT2D eigenvalue weighted by molar-refractivity contribution is 5.96. The minimum Gasteiger partial charge on any atom is -0.367 e. The molecule has 0 amide bonds. The molecule has 82 valence electrons. The minimum absolute atomic E-state index is 0.0196. The van der Waals surface area contributed by atoms with Crippen LogP contribution < -0.4 is 0 Å². The van der Waals surface area contributed by atoms with Gasteiger partial charge in [0.1, 0.15) is 6.10 Å². The molecular weight excluding hydrogens is 192 g/mol. The van der Waals surface area contributed by atoms with Crippen LogP contribution in [0.15, 0.2) is 12.4 Å². The molecule has 4 nitrogen and oxygen atoms in total. The third kappa shape index (κ3) is 1.95. The Morgan fingerprint density at radius 1 is 1.67 bits per heavy atom. The Balaban J connectivity index is 2.14. The Bertz CT molecular complexity index is 359. The van der Waals surface area contributed by atoms with Crippen molar-refractivity contribution in [3.05, 3.63) is 18.2 Å². The topological polar surface area (TPSA) is 44.1 Å². The number of Topliss-reactive ketones (excluding diaryl/α,β-unsaturated/α-hetero) is 1. The summed E-state index contributed by atoms with van der Waals surface area (Å²) in [4.78, 5) is 16.1. The lowest BCUT2D eigenvalue weighted by Crippen LogP contribution is -2.24. The second kappa shape index (κ2) is 4.14. The zero-order valence-corrected chi connectivity index (χ0v) is 9.14. The second-order valence-corrected chi connectivity index (χ2v) is 3.91. The molecule has 15 heavy (non-hydrogen) atoms. The molecule has 0 saturated carbocycles. The lowest BCUT2D eigenvalue weighted by molar-refractivity contribution is 0.0421. The van der Waals surface area contributed by atoms with E-state index in [-0.39, 0.29) is 18.0 Å². The molecule has 1 aromatic rings. The van der Waals surface area contributed by atoms with Crippen molar-refractivity contribution in [1.82, 2.24) is 9.55 Å². The van der Waals surface area contributed by atoms with Gasteiger partial charge in [-0.1, -0.05) is 0 Å². The fourth-order valence-corrected chi connectivity index (χ4v) is 1.93. The van der Waals surface area contributed by atoms with Crippen molar-refractivity contribution in [2.75, 3.05) is 0 Å². The van der Waals surface area contributed by atoms with E-state index in [1.165, 1.54) is 0 Å². The monoisotopic (exact) mass is 208 g/mol. The van der Waals surface area contributed by atoms with E-state index in [9.17, 15) is 4.79 Å². The Labute approximate surface area is 89.3 Å². The first kappa shape index (κ1) is 10.4. The van der Waals surface area contributed by atoms with Crippen LogP contribution in [-0.4, -0.2) is 27.5 Å². The van der Waals surface area contributed by atoms with Crippen LogP contribution >= 0.6 is 0 Å². The van der Waals surface area contributed by atoms with Gasteiger partial charge in [-0.05, 0) is 26.7 Å². The summed E-state index contributed by atoms with van der Waals surface area (Å²) in [5.41, 5.74) is 0. The fraction of sp³-hybridized carbons (Fsp3) is 0.636.